The standard InChI is InChI=1S/C13H15N3O2/c1-9-3-4-12(18-2)10(7-9)11-8-16(6-5-14)13(17)15-11/h3-4,7,11H,6,8H2,1-2H3,(H,15,17). The topological polar surface area (TPSA) is 65.4 Å². The van der Waals surface area contributed by atoms with E-state index in [1.54, 1.807) is 7.11 Å². The van der Waals surface area contributed by atoms with Crippen LogP contribution in [0.1, 0.15) is 17.2 Å². The molecular formula is C13H15N3O2. The number of nitrogens with one attached hydrogen (secondary N) is 1. The summed E-state index contributed by atoms with van der Waals surface area (Å²) >= 11 is 0. The molecule has 1 aliphatic rings. The van der Waals surface area contributed by atoms with Gasteiger partial charge in [-0.2, -0.15) is 5.26 Å². The molecule has 94 valence electrons. The Hall–Kier alpha value is -2.22. The van der Waals surface area contributed by atoms with Gasteiger partial charge in [-0.1, -0.05) is 17.7 Å². The molecule has 1 aromatic rings. The van der Waals surface area contributed by atoms with Gasteiger partial charge in [-0.05, 0) is 13.0 Å². The first kappa shape index (κ1) is 12.2. The Morgan fingerprint density at radius 3 is 3.06 bits per heavy atom. The van der Waals surface area contributed by atoms with Gasteiger partial charge in [0.25, 0.3) is 0 Å². The summed E-state index contributed by atoms with van der Waals surface area (Å²) in [6.45, 7) is 2.59. The molecule has 1 aromatic carbocycles. The SMILES string of the molecule is COc1ccc(C)cc1C1CN(CC#N)C(=O)N1. The second-order valence-electron chi connectivity index (χ2n) is 4.29. The molecule has 1 N–H and O–H groups in total. The summed E-state index contributed by atoms with van der Waals surface area (Å²) in [7, 11) is 1.61. The minimum Gasteiger partial charge on any atom is -0.496 e. The molecule has 1 heterocycles. The molecule has 1 atom stereocenters. The zero-order valence-electron chi connectivity index (χ0n) is 10.4. The van der Waals surface area contributed by atoms with Crippen molar-refractivity contribution >= 4 is 6.03 Å². The van der Waals surface area contributed by atoms with Crippen molar-refractivity contribution < 1.29 is 9.53 Å². The molecule has 1 aliphatic heterocycles. The summed E-state index contributed by atoms with van der Waals surface area (Å²) < 4.78 is 5.31. The number of benzene rings is 1. The van der Waals surface area contributed by atoms with E-state index in [9.17, 15) is 4.79 Å². The number of methoxy groups -OCH3 is 1. The Morgan fingerprint density at radius 2 is 2.39 bits per heavy atom. The number of nitrogens with zero attached hydrogens (tertiary/aromatic N) is 2. The summed E-state index contributed by atoms with van der Waals surface area (Å²) in [5, 5.41) is 11.5. The molecule has 0 radical (unpaired) electrons. The van der Waals surface area contributed by atoms with Crippen LogP contribution in [0.2, 0.25) is 0 Å². The maximum absolute atomic E-state index is 11.7. The van der Waals surface area contributed by atoms with Gasteiger partial charge in [0, 0.05) is 12.1 Å². The van der Waals surface area contributed by atoms with E-state index >= 15 is 0 Å². The van der Waals surface area contributed by atoms with Gasteiger partial charge in [-0.3, -0.25) is 0 Å². The van der Waals surface area contributed by atoms with E-state index < -0.39 is 0 Å². The average Bonchev–Trinajstić information content (AvgIpc) is 2.71. The van der Waals surface area contributed by atoms with Gasteiger partial charge < -0.3 is 15.0 Å². The fraction of sp³-hybridized carbons (Fsp3) is 0.385. The molecule has 2 amide bonds. The molecule has 2 rings (SSSR count). The molecule has 18 heavy (non-hydrogen) atoms. The number of rotatable bonds is 3. The number of carbonyl (C=O) groups excluding carboxylic acids is 1. The van der Waals surface area contributed by atoms with Crippen molar-refractivity contribution in [2.45, 2.75) is 13.0 Å². The van der Waals surface area contributed by atoms with E-state index in [1.165, 1.54) is 4.90 Å². The van der Waals surface area contributed by atoms with E-state index in [2.05, 4.69) is 5.32 Å². The van der Waals surface area contributed by atoms with Gasteiger partial charge in [0.05, 0.1) is 19.2 Å². The lowest BCUT2D eigenvalue weighted by Crippen LogP contribution is -2.28. The van der Waals surface area contributed by atoms with Crippen molar-refractivity contribution in [3.63, 3.8) is 0 Å². The van der Waals surface area contributed by atoms with Crippen molar-refractivity contribution in [2.75, 3.05) is 20.2 Å². The number of urea groups is 1. The lowest BCUT2D eigenvalue weighted by molar-refractivity contribution is 0.222. The van der Waals surface area contributed by atoms with Gasteiger partial charge in [-0.25, -0.2) is 4.79 Å². The van der Waals surface area contributed by atoms with Crippen LogP contribution in [0, 0.1) is 18.3 Å². The number of amides is 2. The molecule has 0 saturated carbocycles. The van der Waals surface area contributed by atoms with Crippen molar-refractivity contribution in [1.82, 2.24) is 10.2 Å². The summed E-state index contributed by atoms with van der Waals surface area (Å²) in [5.41, 5.74) is 2.06. The third kappa shape index (κ3) is 2.23. The maximum atomic E-state index is 11.7. The molecule has 1 unspecified atom stereocenters. The summed E-state index contributed by atoms with van der Waals surface area (Å²) in [4.78, 5) is 13.1. The Labute approximate surface area is 106 Å². The minimum atomic E-state index is -0.204. The summed E-state index contributed by atoms with van der Waals surface area (Å²) in [5.74, 6) is 0.754. The molecule has 1 fully saturated rings. The molecule has 5 nitrogen and oxygen atoms in total. The van der Waals surface area contributed by atoms with Crippen LogP contribution in [0.3, 0.4) is 0 Å². The molecule has 0 spiro atoms. The molecule has 1 saturated heterocycles. The predicted molar refractivity (Wildman–Crippen MR) is 66.2 cm³/mol. The molecular weight excluding hydrogens is 230 g/mol. The first-order valence-corrected chi connectivity index (χ1v) is 5.72. The number of aryl methyl sites for hydroxylation is 1. The van der Waals surface area contributed by atoms with Crippen LogP contribution in [0.4, 0.5) is 4.79 Å². The maximum Gasteiger partial charge on any atom is 0.318 e. The van der Waals surface area contributed by atoms with E-state index in [1.807, 2.05) is 31.2 Å². The highest BCUT2D eigenvalue weighted by Gasteiger charge is 2.31. The second kappa shape index (κ2) is 4.96. The van der Waals surface area contributed by atoms with E-state index in [0.717, 1.165) is 16.9 Å². The lowest BCUT2D eigenvalue weighted by Gasteiger charge is -2.15. The van der Waals surface area contributed by atoms with Crippen LogP contribution in [-0.2, 0) is 0 Å². The number of nitriles is 1. The van der Waals surface area contributed by atoms with Crippen molar-refractivity contribution in [3.05, 3.63) is 29.3 Å². The number of hydrogen-bond acceptors (Lipinski definition) is 3. The van der Waals surface area contributed by atoms with Crippen LogP contribution in [0.5, 0.6) is 5.75 Å². The van der Waals surface area contributed by atoms with E-state index in [-0.39, 0.29) is 18.6 Å². The normalized spacial score (nSPS) is 18.4. The van der Waals surface area contributed by atoms with Crippen LogP contribution in [0.25, 0.3) is 0 Å². The Bertz CT molecular complexity index is 507. The highest BCUT2D eigenvalue weighted by Crippen LogP contribution is 2.29. The van der Waals surface area contributed by atoms with E-state index in [4.69, 9.17) is 10.00 Å². The number of hydrogen-bond donors (Lipinski definition) is 1. The van der Waals surface area contributed by atoms with E-state index in [0.29, 0.717) is 6.54 Å². The summed E-state index contributed by atoms with van der Waals surface area (Å²) in [6.07, 6.45) is 0. The molecule has 0 bridgehead atoms. The zero-order valence-corrected chi connectivity index (χ0v) is 10.4. The molecule has 5 heteroatoms. The van der Waals surface area contributed by atoms with Crippen molar-refractivity contribution in [3.8, 4) is 11.8 Å². The van der Waals surface area contributed by atoms with Crippen LogP contribution >= 0.6 is 0 Å². The largest absolute Gasteiger partial charge is 0.496 e. The van der Waals surface area contributed by atoms with Gasteiger partial charge >= 0.3 is 6.03 Å². The minimum absolute atomic E-state index is 0.108. The average molecular weight is 245 g/mol. The Kier molecular flexibility index (Phi) is 3.38. The van der Waals surface area contributed by atoms with Gasteiger partial charge in [0.2, 0.25) is 0 Å². The summed E-state index contributed by atoms with van der Waals surface area (Å²) in [6, 6.07) is 7.51. The Morgan fingerprint density at radius 1 is 1.61 bits per heavy atom. The van der Waals surface area contributed by atoms with Gasteiger partial charge in [0.15, 0.2) is 0 Å². The zero-order chi connectivity index (χ0) is 13.1. The first-order valence-electron chi connectivity index (χ1n) is 5.72. The number of ether oxygens (including phenoxy) is 1. The third-order valence-electron chi connectivity index (χ3n) is 3.01. The Balaban J connectivity index is 2.26. The molecule has 0 aliphatic carbocycles. The quantitative estimate of drug-likeness (QED) is 0.822. The van der Waals surface area contributed by atoms with Crippen LogP contribution in [0.15, 0.2) is 18.2 Å². The smallest absolute Gasteiger partial charge is 0.318 e. The molecule has 0 aromatic heterocycles. The highest BCUT2D eigenvalue weighted by atomic mass is 16.5. The third-order valence-corrected chi connectivity index (χ3v) is 3.01. The number of carbonyl (C=O) groups is 1. The van der Waals surface area contributed by atoms with Crippen molar-refractivity contribution in [2.24, 2.45) is 0 Å². The predicted octanol–water partition coefficient (Wildman–Crippen LogP) is 1.59. The van der Waals surface area contributed by atoms with Crippen LogP contribution < -0.4 is 10.1 Å². The monoisotopic (exact) mass is 245 g/mol. The first-order chi connectivity index (χ1) is 8.65. The highest BCUT2D eigenvalue weighted by molar-refractivity contribution is 5.77. The van der Waals surface area contributed by atoms with Crippen molar-refractivity contribution in [1.29, 1.82) is 5.26 Å². The van der Waals surface area contributed by atoms with Gasteiger partial charge in [-0.15, -0.1) is 0 Å². The van der Waals surface area contributed by atoms with Crippen LogP contribution in [-0.4, -0.2) is 31.1 Å². The van der Waals surface area contributed by atoms with Gasteiger partial charge in [0.1, 0.15) is 12.3 Å². The lowest BCUT2D eigenvalue weighted by atomic mass is 10.0. The fourth-order valence-electron chi connectivity index (χ4n) is 2.11. The fourth-order valence-corrected chi connectivity index (χ4v) is 2.11. The second-order valence-corrected chi connectivity index (χ2v) is 4.29.